The maximum atomic E-state index is 12.7. The molecule has 1 aliphatic heterocycles. The van der Waals surface area contributed by atoms with Crippen molar-refractivity contribution in [3.63, 3.8) is 0 Å². The maximum Gasteiger partial charge on any atom is 0.243 e. The molecule has 0 saturated carbocycles. The van der Waals surface area contributed by atoms with Gasteiger partial charge < -0.3 is 4.90 Å². The van der Waals surface area contributed by atoms with Crippen LogP contribution in [0.15, 0.2) is 53.4 Å². The highest BCUT2D eigenvalue weighted by Gasteiger charge is 2.30. The van der Waals surface area contributed by atoms with Crippen molar-refractivity contribution in [1.29, 1.82) is 5.26 Å². The second kappa shape index (κ2) is 7.54. The molecule has 0 radical (unpaired) electrons. The Labute approximate surface area is 153 Å². The second-order valence-electron chi connectivity index (χ2n) is 6.10. The van der Waals surface area contributed by atoms with E-state index in [-0.39, 0.29) is 4.90 Å². The van der Waals surface area contributed by atoms with Crippen molar-refractivity contribution >= 4 is 21.6 Å². The number of nitriles is 1. The molecule has 1 heterocycles. The van der Waals surface area contributed by atoms with Gasteiger partial charge in [0, 0.05) is 10.6 Å². The van der Waals surface area contributed by atoms with E-state index in [4.69, 9.17) is 16.9 Å². The molecule has 0 unspecified atom stereocenters. The van der Waals surface area contributed by atoms with E-state index in [1.807, 2.05) is 30.3 Å². The van der Waals surface area contributed by atoms with Gasteiger partial charge in [-0.3, -0.25) is 0 Å². The summed E-state index contributed by atoms with van der Waals surface area (Å²) in [5.41, 5.74) is 1.61. The highest BCUT2D eigenvalue weighted by atomic mass is 35.5. The number of quaternary nitrogens is 1. The summed E-state index contributed by atoms with van der Waals surface area (Å²) in [5, 5.41) is 9.55. The Hall–Kier alpha value is -1.91. The maximum absolute atomic E-state index is 12.7. The zero-order chi connectivity index (χ0) is 17.9. The van der Waals surface area contributed by atoms with Gasteiger partial charge in [-0.2, -0.15) is 9.57 Å². The fourth-order valence-electron chi connectivity index (χ4n) is 3.01. The summed E-state index contributed by atoms with van der Waals surface area (Å²) < 4.78 is 26.9. The lowest BCUT2D eigenvalue weighted by atomic mass is 10.2. The Kier molecular flexibility index (Phi) is 5.40. The number of hydrogen-bond acceptors (Lipinski definition) is 3. The van der Waals surface area contributed by atoms with Crippen LogP contribution in [-0.4, -0.2) is 38.9 Å². The molecule has 1 N–H and O–H groups in total. The van der Waals surface area contributed by atoms with Crippen LogP contribution in [0.2, 0.25) is 5.02 Å². The van der Waals surface area contributed by atoms with Gasteiger partial charge in [-0.15, -0.1) is 0 Å². The van der Waals surface area contributed by atoms with Gasteiger partial charge in [0.25, 0.3) is 0 Å². The van der Waals surface area contributed by atoms with E-state index in [2.05, 4.69) is 0 Å². The molecule has 0 bridgehead atoms. The predicted molar refractivity (Wildman–Crippen MR) is 95.8 cm³/mol. The van der Waals surface area contributed by atoms with Gasteiger partial charge in [0.2, 0.25) is 10.0 Å². The lowest BCUT2D eigenvalue weighted by Gasteiger charge is -2.31. The smallest absolute Gasteiger partial charge is 0.243 e. The van der Waals surface area contributed by atoms with Crippen LogP contribution in [0.3, 0.4) is 0 Å². The van der Waals surface area contributed by atoms with Gasteiger partial charge in [0.1, 0.15) is 6.54 Å². The first-order chi connectivity index (χ1) is 12.0. The lowest BCUT2D eigenvalue weighted by molar-refractivity contribution is -0.917. The summed E-state index contributed by atoms with van der Waals surface area (Å²) >= 11 is 6.02. The minimum absolute atomic E-state index is 0.241. The number of piperazine rings is 1. The Morgan fingerprint density at radius 2 is 1.80 bits per heavy atom. The summed E-state index contributed by atoms with van der Waals surface area (Å²) in [6.45, 7) is 3.31. The van der Waals surface area contributed by atoms with E-state index in [1.165, 1.54) is 33.5 Å². The molecule has 130 valence electrons. The number of halogens is 1. The third-order valence-corrected chi connectivity index (χ3v) is 6.54. The molecule has 2 aromatic rings. The van der Waals surface area contributed by atoms with E-state index in [1.54, 1.807) is 0 Å². The van der Waals surface area contributed by atoms with Crippen LogP contribution in [-0.2, 0) is 16.6 Å². The highest BCUT2D eigenvalue weighted by molar-refractivity contribution is 7.89. The molecule has 2 aromatic carbocycles. The summed E-state index contributed by atoms with van der Waals surface area (Å²) in [7, 11) is -3.50. The van der Waals surface area contributed by atoms with E-state index in [0.717, 1.165) is 30.2 Å². The fourth-order valence-corrected chi connectivity index (χ4v) is 4.66. The van der Waals surface area contributed by atoms with Crippen molar-refractivity contribution in [1.82, 2.24) is 4.31 Å². The van der Waals surface area contributed by atoms with Gasteiger partial charge in [-0.25, -0.2) is 8.42 Å². The molecule has 0 atom stereocenters. The summed E-state index contributed by atoms with van der Waals surface area (Å²) in [6.07, 6.45) is 0. The van der Waals surface area contributed by atoms with Crippen LogP contribution in [0.25, 0.3) is 0 Å². The molecule has 25 heavy (non-hydrogen) atoms. The van der Waals surface area contributed by atoms with Crippen molar-refractivity contribution in [2.24, 2.45) is 0 Å². The number of nitrogens with one attached hydrogen (secondary N) is 1. The van der Waals surface area contributed by atoms with Crippen LogP contribution < -0.4 is 4.90 Å². The largest absolute Gasteiger partial charge is 0.329 e. The number of benzene rings is 2. The molecular weight excluding hydrogens is 358 g/mol. The highest BCUT2D eigenvalue weighted by Crippen LogP contribution is 2.16. The summed E-state index contributed by atoms with van der Waals surface area (Å²) in [6, 6.07) is 15.8. The Morgan fingerprint density at radius 1 is 1.12 bits per heavy atom. The average Bonchev–Trinajstić information content (AvgIpc) is 2.62. The van der Waals surface area contributed by atoms with Gasteiger partial charge >= 0.3 is 0 Å². The van der Waals surface area contributed by atoms with Crippen LogP contribution in [0.1, 0.15) is 11.1 Å². The zero-order valence-electron chi connectivity index (χ0n) is 13.7. The van der Waals surface area contributed by atoms with E-state index >= 15 is 0 Å². The summed E-state index contributed by atoms with van der Waals surface area (Å²) in [5.74, 6) is 0. The number of rotatable bonds is 4. The topological polar surface area (TPSA) is 65.6 Å². The van der Waals surface area contributed by atoms with Crippen molar-refractivity contribution in [3.05, 3.63) is 64.7 Å². The average molecular weight is 377 g/mol. The number of hydrogen-bond donors (Lipinski definition) is 1. The van der Waals surface area contributed by atoms with Gasteiger partial charge in [-0.1, -0.05) is 23.7 Å². The van der Waals surface area contributed by atoms with Crippen LogP contribution in [0.5, 0.6) is 0 Å². The third-order valence-electron chi connectivity index (χ3n) is 4.39. The van der Waals surface area contributed by atoms with Crippen molar-refractivity contribution in [2.75, 3.05) is 26.2 Å². The third kappa shape index (κ3) is 4.20. The first-order valence-corrected chi connectivity index (χ1v) is 9.89. The molecule has 0 spiro atoms. The van der Waals surface area contributed by atoms with E-state index in [0.29, 0.717) is 18.7 Å². The normalized spacial score (nSPS) is 16.5. The van der Waals surface area contributed by atoms with Crippen molar-refractivity contribution in [3.8, 4) is 6.07 Å². The summed E-state index contributed by atoms with van der Waals surface area (Å²) in [4.78, 5) is 1.58. The molecule has 7 heteroatoms. The molecule has 0 aliphatic carbocycles. The minimum atomic E-state index is -3.50. The Balaban J connectivity index is 1.63. The fraction of sp³-hybridized carbons (Fsp3) is 0.278. The minimum Gasteiger partial charge on any atom is -0.329 e. The SMILES string of the molecule is N#Cc1ccc(S(=O)(=O)N2CC[NH+](Cc3cccc(Cl)c3)CC2)cc1. The molecule has 1 fully saturated rings. The molecular formula is C18H19ClN3O2S+. The standard InChI is InChI=1S/C18H18ClN3O2S/c19-17-3-1-2-16(12-17)14-21-8-10-22(11-9-21)25(23,24)18-6-4-15(13-20)5-7-18/h1-7,12H,8-11,14H2/p+1. The monoisotopic (exact) mass is 376 g/mol. The molecule has 0 amide bonds. The van der Waals surface area contributed by atoms with E-state index < -0.39 is 10.0 Å². The van der Waals surface area contributed by atoms with Crippen LogP contribution in [0.4, 0.5) is 0 Å². The van der Waals surface area contributed by atoms with Gasteiger partial charge in [0.05, 0.1) is 42.7 Å². The molecule has 5 nitrogen and oxygen atoms in total. The van der Waals surface area contributed by atoms with Crippen molar-refractivity contribution in [2.45, 2.75) is 11.4 Å². The van der Waals surface area contributed by atoms with Crippen LogP contribution in [0, 0.1) is 11.3 Å². The molecule has 3 rings (SSSR count). The zero-order valence-corrected chi connectivity index (χ0v) is 15.2. The molecule has 0 aromatic heterocycles. The van der Waals surface area contributed by atoms with Crippen molar-refractivity contribution < 1.29 is 13.3 Å². The Bertz CT molecular complexity index is 883. The van der Waals surface area contributed by atoms with E-state index in [9.17, 15) is 8.42 Å². The van der Waals surface area contributed by atoms with Gasteiger partial charge in [0.15, 0.2) is 0 Å². The lowest BCUT2D eigenvalue weighted by Crippen LogP contribution is -3.13. The van der Waals surface area contributed by atoms with Gasteiger partial charge in [-0.05, 0) is 36.4 Å². The number of nitrogens with zero attached hydrogens (tertiary/aromatic N) is 2. The molecule has 1 aliphatic rings. The molecule has 1 saturated heterocycles. The number of sulfonamides is 1. The predicted octanol–water partition coefficient (Wildman–Crippen LogP) is 1.30. The first-order valence-electron chi connectivity index (χ1n) is 8.07. The quantitative estimate of drug-likeness (QED) is 0.874. The second-order valence-corrected chi connectivity index (χ2v) is 8.47. The van der Waals surface area contributed by atoms with Crippen LogP contribution >= 0.6 is 11.6 Å². The first kappa shape index (κ1) is 17.9. The Morgan fingerprint density at radius 3 is 2.40 bits per heavy atom.